The predicted octanol–water partition coefficient (Wildman–Crippen LogP) is 2.96. The molecule has 2 nitrogen and oxygen atoms in total. The number of benzene rings is 1. The summed E-state index contributed by atoms with van der Waals surface area (Å²) in [5.74, 6) is -2.13. The van der Waals surface area contributed by atoms with Gasteiger partial charge in [-0.2, -0.15) is 0 Å². The summed E-state index contributed by atoms with van der Waals surface area (Å²) in [6.45, 7) is 2.85. The lowest BCUT2D eigenvalue weighted by Crippen LogP contribution is -2.07. The van der Waals surface area contributed by atoms with Crippen molar-refractivity contribution in [2.75, 3.05) is 13.2 Å². The third-order valence-electron chi connectivity index (χ3n) is 2.14. The molecule has 88 valence electrons. The number of ether oxygens (including phenoxy) is 1. The maximum absolute atomic E-state index is 13.2. The first-order valence-electron chi connectivity index (χ1n) is 5.21. The summed E-state index contributed by atoms with van der Waals surface area (Å²) in [6.07, 6.45) is 0.568. The van der Waals surface area contributed by atoms with Crippen molar-refractivity contribution in [1.29, 1.82) is 0 Å². The van der Waals surface area contributed by atoms with E-state index < -0.39 is 23.0 Å². The van der Waals surface area contributed by atoms with E-state index in [0.29, 0.717) is 19.6 Å². The van der Waals surface area contributed by atoms with Gasteiger partial charge in [0.25, 0.3) is 0 Å². The van der Waals surface area contributed by atoms with Crippen LogP contribution in [-0.4, -0.2) is 19.0 Å². The van der Waals surface area contributed by atoms with Crippen LogP contribution in [0.3, 0.4) is 0 Å². The zero-order chi connectivity index (χ0) is 12.0. The molecule has 1 rings (SSSR count). The second-order valence-corrected chi connectivity index (χ2v) is 3.32. The molecular weight excluding hydrogens is 214 g/mol. The monoisotopic (exact) mass is 228 g/mol. The van der Waals surface area contributed by atoms with E-state index in [9.17, 15) is 13.6 Å². The molecule has 0 fully saturated rings. The van der Waals surface area contributed by atoms with Gasteiger partial charge in [-0.15, -0.1) is 0 Å². The first kappa shape index (κ1) is 12.8. The lowest BCUT2D eigenvalue weighted by atomic mass is 10.1. The average molecular weight is 228 g/mol. The van der Waals surface area contributed by atoms with Gasteiger partial charge in [0.05, 0.1) is 5.56 Å². The summed E-state index contributed by atoms with van der Waals surface area (Å²) < 4.78 is 31.4. The fourth-order valence-corrected chi connectivity index (χ4v) is 1.37. The van der Waals surface area contributed by atoms with Crippen molar-refractivity contribution in [3.05, 3.63) is 35.4 Å². The molecule has 4 heteroatoms. The lowest BCUT2D eigenvalue weighted by molar-refractivity contribution is 0.0939. The van der Waals surface area contributed by atoms with E-state index in [1.165, 1.54) is 6.07 Å². The Kier molecular flexibility index (Phi) is 5.05. The van der Waals surface area contributed by atoms with Crippen LogP contribution in [0.4, 0.5) is 8.78 Å². The summed E-state index contributed by atoms with van der Waals surface area (Å²) in [7, 11) is 0. The minimum absolute atomic E-state index is 0.0951. The van der Waals surface area contributed by atoms with Crippen LogP contribution in [0.5, 0.6) is 0 Å². The zero-order valence-corrected chi connectivity index (χ0v) is 9.13. The van der Waals surface area contributed by atoms with E-state index in [1.807, 2.05) is 6.92 Å². The molecule has 0 bridgehead atoms. The largest absolute Gasteiger partial charge is 0.382 e. The molecule has 0 heterocycles. The molecule has 0 aliphatic rings. The van der Waals surface area contributed by atoms with Crippen LogP contribution >= 0.6 is 0 Å². The van der Waals surface area contributed by atoms with E-state index in [0.717, 1.165) is 12.1 Å². The smallest absolute Gasteiger partial charge is 0.168 e. The van der Waals surface area contributed by atoms with Crippen molar-refractivity contribution in [3.63, 3.8) is 0 Å². The third-order valence-corrected chi connectivity index (χ3v) is 2.14. The number of Topliss-reactive ketones (excluding diaryl/α,β-unsaturated/α-hetero) is 1. The van der Waals surface area contributed by atoms with Gasteiger partial charge in [0.2, 0.25) is 0 Å². The van der Waals surface area contributed by atoms with Gasteiger partial charge < -0.3 is 4.74 Å². The van der Waals surface area contributed by atoms with Crippen molar-refractivity contribution in [3.8, 4) is 0 Å². The molecule has 0 amide bonds. The molecule has 0 atom stereocenters. The van der Waals surface area contributed by atoms with Gasteiger partial charge in [-0.1, -0.05) is 6.07 Å². The highest BCUT2D eigenvalue weighted by Crippen LogP contribution is 2.14. The third kappa shape index (κ3) is 3.38. The maximum Gasteiger partial charge on any atom is 0.168 e. The Morgan fingerprint density at radius 1 is 1.31 bits per heavy atom. The Labute approximate surface area is 93.2 Å². The Morgan fingerprint density at radius 3 is 2.50 bits per heavy atom. The summed E-state index contributed by atoms with van der Waals surface area (Å²) >= 11 is 0. The quantitative estimate of drug-likeness (QED) is 0.552. The van der Waals surface area contributed by atoms with Gasteiger partial charge in [0.15, 0.2) is 5.78 Å². The highest BCUT2D eigenvalue weighted by atomic mass is 19.1. The van der Waals surface area contributed by atoms with Crippen molar-refractivity contribution in [1.82, 2.24) is 0 Å². The van der Waals surface area contributed by atoms with Crippen LogP contribution in [0, 0.1) is 11.6 Å². The normalized spacial score (nSPS) is 10.4. The van der Waals surface area contributed by atoms with Crippen LogP contribution in [0.15, 0.2) is 18.2 Å². The molecule has 0 aromatic heterocycles. The molecule has 0 aliphatic carbocycles. The van der Waals surface area contributed by atoms with Crippen molar-refractivity contribution < 1.29 is 18.3 Å². The van der Waals surface area contributed by atoms with Crippen molar-refractivity contribution in [2.45, 2.75) is 19.8 Å². The predicted molar refractivity (Wildman–Crippen MR) is 56.4 cm³/mol. The van der Waals surface area contributed by atoms with Gasteiger partial charge in [0, 0.05) is 19.6 Å². The van der Waals surface area contributed by atoms with Crippen molar-refractivity contribution in [2.24, 2.45) is 0 Å². The number of hydrogen-bond acceptors (Lipinski definition) is 2. The Bertz CT molecular complexity index is 344. The highest BCUT2D eigenvalue weighted by molar-refractivity contribution is 5.96. The van der Waals surface area contributed by atoms with E-state index in [4.69, 9.17) is 4.74 Å². The molecular formula is C12H14F2O2. The van der Waals surface area contributed by atoms with Gasteiger partial charge >= 0.3 is 0 Å². The standard InChI is InChI=1S/C12H14F2O2/c1-2-16-8-4-7-11(15)12-9(13)5-3-6-10(12)14/h3,5-6H,2,4,7-8H2,1H3. The molecule has 1 aromatic rings. The number of rotatable bonds is 6. The first-order valence-corrected chi connectivity index (χ1v) is 5.21. The van der Waals surface area contributed by atoms with E-state index in [2.05, 4.69) is 0 Å². The van der Waals surface area contributed by atoms with E-state index in [1.54, 1.807) is 0 Å². The van der Waals surface area contributed by atoms with E-state index in [-0.39, 0.29) is 6.42 Å². The van der Waals surface area contributed by atoms with Gasteiger partial charge in [-0.05, 0) is 25.5 Å². The SMILES string of the molecule is CCOCCCC(=O)c1c(F)cccc1F. The molecule has 0 spiro atoms. The van der Waals surface area contributed by atoms with Crippen LogP contribution in [0.25, 0.3) is 0 Å². The minimum Gasteiger partial charge on any atom is -0.382 e. The minimum atomic E-state index is -0.804. The summed E-state index contributed by atoms with van der Waals surface area (Å²) in [4.78, 5) is 11.5. The van der Waals surface area contributed by atoms with Crippen LogP contribution < -0.4 is 0 Å². The van der Waals surface area contributed by atoms with Crippen LogP contribution in [0.1, 0.15) is 30.1 Å². The van der Waals surface area contributed by atoms with Crippen molar-refractivity contribution >= 4 is 5.78 Å². The summed E-state index contributed by atoms with van der Waals surface area (Å²) in [5.41, 5.74) is -0.445. The lowest BCUT2D eigenvalue weighted by Gasteiger charge is -2.04. The van der Waals surface area contributed by atoms with Gasteiger partial charge in [-0.25, -0.2) is 8.78 Å². The summed E-state index contributed by atoms with van der Waals surface area (Å²) in [6, 6.07) is 3.40. The number of carbonyl (C=O) groups excluding carboxylic acids is 1. The zero-order valence-electron chi connectivity index (χ0n) is 9.13. The first-order chi connectivity index (χ1) is 7.66. The van der Waals surface area contributed by atoms with Gasteiger partial charge in [0.1, 0.15) is 11.6 Å². The second-order valence-electron chi connectivity index (χ2n) is 3.32. The fourth-order valence-electron chi connectivity index (χ4n) is 1.37. The summed E-state index contributed by atoms with van der Waals surface area (Å²) in [5, 5.41) is 0. The molecule has 0 saturated carbocycles. The average Bonchev–Trinajstić information content (AvgIpc) is 2.24. The number of carbonyl (C=O) groups is 1. The second kappa shape index (κ2) is 6.33. The van der Waals surface area contributed by atoms with Gasteiger partial charge in [-0.3, -0.25) is 4.79 Å². The number of hydrogen-bond donors (Lipinski definition) is 0. The van der Waals surface area contributed by atoms with Crippen LogP contribution in [0.2, 0.25) is 0 Å². The Balaban J connectivity index is 2.59. The highest BCUT2D eigenvalue weighted by Gasteiger charge is 2.16. The topological polar surface area (TPSA) is 26.3 Å². The Morgan fingerprint density at radius 2 is 1.94 bits per heavy atom. The molecule has 1 aromatic carbocycles. The molecule has 0 saturated heterocycles. The van der Waals surface area contributed by atoms with E-state index >= 15 is 0 Å². The molecule has 0 aliphatic heterocycles. The molecule has 0 radical (unpaired) electrons. The Hall–Kier alpha value is -1.29. The number of ketones is 1. The maximum atomic E-state index is 13.2. The molecule has 0 N–H and O–H groups in total. The fraction of sp³-hybridized carbons (Fsp3) is 0.417. The molecule has 0 unspecified atom stereocenters. The number of halogens is 2. The molecule has 16 heavy (non-hydrogen) atoms. The van der Waals surface area contributed by atoms with Crippen LogP contribution in [-0.2, 0) is 4.74 Å².